The molecule has 22 heavy (non-hydrogen) atoms. The summed E-state index contributed by atoms with van der Waals surface area (Å²) >= 11 is 0. The van der Waals surface area contributed by atoms with Gasteiger partial charge in [-0.1, -0.05) is 57.5 Å². The van der Waals surface area contributed by atoms with E-state index < -0.39 is 18.1 Å². The molecule has 0 fully saturated rings. The predicted octanol–water partition coefficient (Wildman–Crippen LogP) is 2.44. The first kappa shape index (κ1) is 18.2. The van der Waals surface area contributed by atoms with E-state index in [-0.39, 0.29) is 5.91 Å². The van der Waals surface area contributed by atoms with Gasteiger partial charge in [0.15, 0.2) is 0 Å². The Morgan fingerprint density at radius 1 is 1.14 bits per heavy atom. The number of rotatable bonds is 9. The van der Waals surface area contributed by atoms with Crippen LogP contribution in [0.4, 0.5) is 0 Å². The fourth-order valence-electron chi connectivity index (χ4n) is 2.55. The molecule has 1 amide bonds. The van der Waals surface area contributed by atoms with E-state index in [1.807, 2.05) is 56.0 Å². The van der Waals surface area contributed by atoms with Crippen LogP contribution in [0.3, 0.4) is 0 Å². The number of carbonyl (C=O) groups excluding carboxylic acids is 1. The molecule has 0 aromatic heterocycles. The van der Waals surface area contributed by atoms with Gasteiger partial charge in [-0.25, -0.2) is 4.79 Å². The summed E-state index contributed by atoms with van der Waals surface area (Å²) in [6.45, 7) is 7.33. The Hall–Kier alpha value is -1.88. The summed E-state index contributed by atoms with van der Waals surface area (Å²) in [7, 11) is 0. The summed E-state index contributed by atoms with van der Waals surface area (Å²) in [6, 6.07) is 8.18. The van der Waals surface area contributed by atoms with Crippen molar-refractivity contribution in [1.29, 1.82) is 0 Å². The van der Waals surface area contributed by atoms with Crippen LogP contribution in [0, 0.1) is 0 Å². The van der Waals surface area contributed by atoms with E-state index >= 15 is 0 Å². The van der Waals surface area contributed by atoms with Gasteiger partial charge >= 0.3 is 5.97 Å². The average molecular weight is 306 g/mol. The molecule has 5 heteroatoms. The molecule has 0 heterocycles. The minimum atomic E-state index is -0.985. The van der Waals surface area contributed by atoms with Crippen LogP contribution in [0.5, 0.6) is 0 Å². The summed E-state index contributed by atoms with van der Waals surface area (Å²) in [5.41, 5.74) is 0.879. The molecule has 0 aliphatic heterocycles. The number of likely N-dealkylation sites (N-methyl/N-ethyl adjacent to an activating group) is 1. The van der Waals surface area contributed by atoms with E-state index in [4.69, 9.17) is 0 Å². The molecule has 0 radical (unpaired) electrons. The standard InChI is InChI=1S/C17H26N2O3/c1-4-10-14(17(21)22)18-16(20)15(19(5-2)6-3)13-11-8-7-9-12-13/h7-9,11-12,14-15H,4-6,10H2,1-3H3,(H,18,20)(H,21,22). The maximum absolute atomic E-state index is 12.7. The first-order valence-electron chi connectivity index (χ1n) is 7.87. The Bertz CT molecular complexity index is 472. The lowest BCUT2D eigenvalue weighted by Crippen LogP contribution is -2.47. The number of amides is 1. The van der Waals surface area contributed by atoms with E-state index in [1.54, 1.807) is 0 Å². The highest BCUT2D eigenvalue weighted by Crippen LogP contribution is 2.21. The van der Waals surface area contributed by atoms with Crippen LogP contribution < -0.4 is 5.32 Å². The van der Waals surface area contributed by atoms with Crippen LogP contribution in [-0.2, 0) is 9.59 Å². The van der Waals surface area contributed by atoms with Crippen LogP contribution in [0.15, 0.2) is 30.3 Å². The molecular formula is C17H26N2O3. The molecule has 2 unspecified atom stereocenters. The second-order valence-corrected chi connectivity index (χ2v) is 5.22. The van der Waals surface area contributed by atoms with Crippen molar-refractivity contribution in [3.05, 3.63) is 35.9 Å². The maximum Gasteiger partial charge on any atom is 0.326 e. The van der Waals surface area contributed by atoms with E-state index in [0.29, 0.717) is 12.8 Å². The highest BCUT2D eigenvalue weighted by molar-refractivity contribution is 5.87. The van der Waals surface area contributed by atoms with Gasteiger partial charge < -0.3 is 10.4 Å². The molecule has 122 valence electrons. The Labute approximate surface area is 132 Å². The molecule has 0 aliphatic carbocycles. The lowest BCUT2D eigenvalue weighted by atomic mass is 10.0. The lowest BCUT2D eigenvalue weighted by Gasteiger charge is -2.30. The number of benzene rings is 1. The van der Waals surface area contributed by atoms with Crippen molar-refractivity contribution in [2.75, 3.05) is 13.1 Å². The molecule has 0 aliphatic rings. The summed E-state index contributed by atoms with van der Waals surface area (Å²) in [5, 5.41) is 11.9. The van der Waals surface area contributed by atoms with E-state index in [1.165, 1.54) is 0 Å². The Kier molecular flexibility index (Phi) is 7.60. The topological polar surface area (TPSA) is 69.6 Å². The van der Waals surface area contributed by atoms with Crippen molar-refractivity contribution in [3.63, 3.8) is 0 Å². The number of aliphatic carboxylic acids is 1. The number of carboxylic acids is 1. The monoisotopic (exact) mass is 306 g/mol. The molecule has 0 saturated carbocycles. The largest absolute Gasteiger partial charge is 0.480 e. The Morgan fingerprint density at radius 3 is 2.18 bits per heavy atom. The number of nitrogens with one attached hydrogen (secondary N) is 1. The molecule has 0 bridgehead atoms. The van der Waals surface area contributed by atoms with Gasteiger partial charge in [0.05, 0.1) is 0 Å². The molecule has 1 aromatic carbocycles. The van der Waals surface area contributed by atoms with Gasteiger partial charge in [0.25, 0.3) is 0 Å². The minimum Gasteiger partial charge on any atom is -0.480 e. The van der Waals surface area contributed by atoms with Crippen molar-refractivity contribution < 1.29 is 14.7 Å². The van der Waals surface area contributed by atoms with E-state index in [0.717, 1.165) is 18.7 Å². The fraction of sp³-hybridized carbons (Fsp3) is 0.529. The van der Waals surface area contributed by atoms with Crippen molar-refractivity contribution in [2.45, 2.75) is 45.7 Å². The zero-order valence-corrected chi connectivity index (χ0v) is 13.6. The smallest absolute Gasteiger partial charge is 0.326 e. The van der Waals surface area contributed by atoms with Crippen LogP contribution in [0.1, 0.15) is 45.2 Å². The average Bonchev–Trinajstić information content (AvgIpc) is 2.52. The van der Waals surface area contributed by atoms with E-state index in [9.17, 15) is 14.7 Å². The SMILES string of the molecule is CCCC(NC(=O)C(c1ccccc1)N(CC)CC)C(=O)O. The minimum absolute atomic E-state index is 0.254. The highest BCUT2D eigenvalue weighted by atomic mass is 16.4. The Balaban J connectivity index is 3.00. The molecule has 5 nitrogen and oxygen atoms in total. The molecule has 1 aromatic rings. The molecular weight excluding hydrogens is 280 g/mol. The van der Waals surface area contributed by atoms with Crippen LogP contribution in [0.2, 0.25) is 0 Å². The normalized spacial score (nSPS) is 13.6. The van der Waals surface area contributed by atoms with Crippen LogP contribution >= 0.6 is 0 Å². The summed E-state index contributed by atoms with van der Waals surface area (Å²) in [5.74, 6) is -1.24. The second-order valence-electron chi connectivity index (χ2n) is 5.22. The third kappa shape index (κ3) is 4.84. The van der Waals surface area contributed by atoms with Gasteiger partial charge in [0.1, 0.15) is 12.1 Å². The molecule has 0 saturated heterocycles. The van der Waals surface area contributed by atoms with Crippen molar-refractivity contribution in [1.82, 2.24) is 10.2 Å². The zero-order valence-electron chi connectivity index (χ0n) is 13.6. The number of carboxylic acid groups (broad SMARTS) is 1. The van der Waals surface area contributed by atoms with Gasteiger partial charge in [0, 0.05) is 0 Å². The van der Waals surface area contributed by atoms with Gasteiger partial charge in [-0.2, -0.15) is 0 Å². The van der Waals surface area contributed by atoms with Crippen molar-refractivity contribution in [3.8, 4) is 0 Å². The lowest BCUT2D eigenvalue weighted by molar-refractivity contribution is -0.143. The molecule has 1 rings (SSSR count). The third-order valence-electron chi connectivity index (χ3n) is 3.73. The summed E-state index contributed by atoms with van der Waals surface area (Å²) in [6.07, 6.45) is 1.14. The van der Waals surface area contributed by atoms with Gasteiger partial charge in [0.2, 0.25) is 5.91 Å². The van der Waals surface area contributed by atoms with Gasteiger partial charge in [-0.3, -0.25) is 9.69 Å². The van der Waals surface area contributed by atoms with Crippen molar-refractivity contribution in [2.24, 2.45) is 0 Å². The molecule has 2 N–H and O–H groups in total. The second kappa shape index (κ2) is 9.20. The number of hydrogen-bond donors (Lipinski definition) is 2. The summed E-state index contributed by atoms with van der Waals surface area (Å²) in [4.78, 5) is 26.0. The number of nitrogens with zero attached hydrogens (tertiary/aromatic N) is 1. The maximum atomic E-state index is 12.7. The van der Waals surface area contributed by atoms with E-state index in [2.05, 4.69) is 5.32 Å². The van der Waals surface area contributed by atoms with Gasteiger partial charge in [-0.05, 0) is 25.1 Å². The number of carbonyl (C=O) groups is 2. The molecule has 2 atom stereocenters. The van der Waals surface area contributed by atoms with Crippen molar-refractivity contribution >= 4 is 11.9 Å². The third-order valence-corrected chi connectivity index (χ3v) is 3.73. The molecule has 0 spiro atoms. The zero-order chi connectivity index (χ0) is 16.5. The highest BCUT2D eigenvalue weighted by Gasteiger charge is 2.29. The van der Waals surface area contributed by atoms with Gasteiger partial charge in [-0.15, -0.1) is 0 Å². The first-order chi connectivity index (χ1) is 10.5. The predicted molar refractivity (Wildman–Crippen MR) is 86.6 cm³/mol. The quantitative estimate of drug-likeness (QED) is 0.735. The summed E-state index contributed by atoms with van der Waals surface area (Å²) < 4.78 is 0. The van der Waals surface area contributed by atoms with Crippen LogP contribution in [0.25, 0.3) is 0 Å². The van der Waals surface area contributed by atoms with Crippen LogP contribution in [-0.4, -0.2) is 41.0 Å². The number of hydrogen-bond acceptors (Lipinski definition) is 3. The first-order valence-corrected chi connectivity index (χ1v) is 7.87. The Morgan fingerprint density at radius 2 is 1.73 bits per heavy atom. The fourth-order valence-corrected chi connectivity index (χ4v) is 2.55.